The van der Waals surface area contributed by atoms with Gasteiger partial charge in [-0.1, -0.05) is 24.3 Å². The maximum Gasteiger partial charge on any atom is 0.410 e. The topological polar surface area (TPSA) is 62.7 Å². The van der Waals surface area contributed by atoms with Gasteiger partial charge in [-0.05, 0) is 30.9 Å². The van der Waals surface area contributed by atoms with E-state index < -0.39 is 12.1 Å². The minimum Gasteiger partial charge on any atom is -0.453 e. The molecule has 1 unspecified atom stereocenters. The number of likely N-dealkylation sites (N-methyl/N-ethyl adjacent to an activating group) is 1. The largest absolute Gasteiger partial charge is 0.453 e. The molecule has 6 heteroatoms. The Morgan fingerprint density at radius 3 is 2.88 bits per heavy atom. The number of amides is 2. The van der Waals surface area contributed by atoms with Crippen LogP contribution >= 0.6 is 0 Å². The number of methoxy groups -OCH3 is 1. The van der Waals surface area contributed by atoms with Crippen molar-refractivity contribution in [3.8, 4) is 0 Å². The maximum absolute atomic E-state index is 12.9. The standard InChI is InChI=1S/C19H23N3O3/c1-21(13-15-8-5-7-14-9-6-11-20-17(14)15)18(23)16-10-3-4-12-22(16)19(24)25-2/h5-9,11,16H,3-4,10,12-13H2,1-2H3. The van der Waals surface area contributed by atoms with E-state index in [-0.39, 0.29) is 5.91 Å². The molecule has 1 saturated heterocycles. The average Bonchev–Trinajstić information content (AvgIpc) is 2.67. The molecule has 0 aliphatic carbocycles. The van der Waals surface area contributed by atoms with Gasteiger partial charge in [0, 0.05) is 31.7 Å². The molecule has 0 spiro atoms. The number of aromatic nitrogens is 1. The highest BCUT2D eigenvalue weighted by molar-refractivity contribution is 5.86. The summed E-state index contributed by atoms with van der Waals surface area (Å²) in [6.07, 6.45) is 3.83. The highest BCUT2D eigenvalue weighted by Crippen LogP contribution is 2.22. The molecule has 1 atom stereocenters. The highest BCUT2D eigenvalue weighted by Gasteiger charge is 2.34. The summed E-state index contributed by atoms with van der Waals surface area (Å²) in [5, 5.41) is 1.05. The van der Waals surface area contributed by atoms with E-state index in [9.17, 15) is 9.59 Å². The van der Waals surface area contributed by atoms with Gasteiger partial charge in [-0.25, -0.2) is 4.79 Å². The number of para-hydroxylation sites is 1. The van der Waals surface area contributed by atoms with Gasteiger partial charge in [-0.2, -0.15) is 0 Å². The number of pyridine rings is 1. The summed E-state index contributed by atoms with van der Waals surface area (Å²) >= 11 is 0. The van der Waals surface area contributed by atoms with Crippen molar-refractivity contribution in [3.63, 3.8) is 0 Å². The zero-order chi connectivity index (χ0) is 17.8. The Kier molecular flexibility index (Phi) is 5.16. The molecular weight excluding hydrogens is 318 g/mol. The molecule has 1 aliphatic heterocycles. The summed E-state index contributed by atoms with van der Waals surface area (Å²) in [5.74, 6) is -0.0574. The van der Waals surface area contributed by atoms with E-state index in [1.54, 1.807) is 23.0 Å². The van der Waals surface area contributed by atoms with Crippen LogP contribution in [-0.2, 0) is 16.1 Å². The molecule has 2 amide bonds. The number of carbonyl (C=O) groups excluding carboxylic acids is 2. The summed E-state index contributed by atoms with van der Waals surface area (Å²) < 4.78 is 4.83. The predicted molar refractivity (Wildman–Crippen MR) is 95.0 cm³/mol. The third-order valence-electron chi connectivity index (χ3n) is 4.70. The summed E-state index contributed by atoms with van der Waals surface area (Å²) in [6, 6.07) is 9.42. The first kappa shape index (κ1) is 17.2. The van der Waals surface area contributed by atoms with Gasteiger partial charge in [-0.15, -0.1) is 0 Å². The minimum atomic E-state index is -0.450. The molecule has 1 fully saturated rings. The van der Waals surface area contributed by atoms with Crippen molar-refractivity contribution >= 4 is 22.9 Å². The fourth-order valence-corrected chi connectivity index (χ4v) is 3.41. The second-order valence-corrected chi connectivity index (χ2v) is 6.36. The van der Waals surface area contributed by atoms with Crippen LogP contribution < -0.4 is 0 Å². The summed E-state index contributed by atoms with van der Waals surface area (Å²) in [4.78, 5) is 32.5. The van der Waals surface area contributed by atoms with E-state index in [1.807, 2.05) is 30.3 Å². The SMILES string of the molecule is COC(=O)N1CCCCC1C(=O)N(C)Cc1cccc2cccnc12. The minimum absolute atomic E-state index is 0.0574. The fourth-order valence-electron chi connectivity index (χ4n) is 3.41. The normalized spacial score (nSPS) is 17.4. The van der Waals surface area contributed by atoms with Crippen LogP contribution in [0.4, 0.5) is 4.79 Å². The summed E-state index contributed by atoms with van der Waals surface area (Å²) in [5.41, 5.74) is 1.90. The van der Waals surface area contributed by atoms with Crippen molar-refractivity contribution in [1.82, 2.24) is 14.8 Å². The van der Waals surface area contributed by atoms with Crippen LogP contribution in [0.5, 0.6) is 0 Å². The average molecular weight is 341 g/mol. The number of piperidine rings is 1. The molecule has 0 radical (unpaired) electrons. The molecule has 1 aliphatic rings. The number of benzene rings is 1. The van der Waals surface area contributed by atoms with E-state index in [2.05, 4.69) is 4.98 Å². The van der Waals surface area contributed by atoms with Gasteiger partial charge in [0.1, 0.15) is 6.04 Å². The molecule has 25 heavy (non-hydrogen) atoms. The molecule has 0 N–H and O–H groups in total. The third kappa shape index (κ3) is 3.57. The second-order valence-electron chi connectivity index (χ2n) is 6.36. The molecule has 2 aromatic rings. The van der Waals surface area contributed by atoms with Crippen LogP contribution in [0.3, 0.4) is 0 Å². The Bertz CT molecular complexity index is 772. The first-order chi connectivity index (χ1) is 12.1. The highest BCUT2D eigenvalue weighted by atomic mass is 16.5. The first-order valence-corrected chi connectivity index (χ1v) is 8.54. The molecule has 3 rings (SSSR count). The summed E-state index contributed by atoms with van der Waals surface area (Å²) in [6.45, 7) is 1.02. The van der Waals surface area contributed by atoms with Gasteiger partial charge in [0.25, 0.3) is 0 Å². The van der Waals surface area contributed by atoms with Crippen molar-refractivity contribution in [2.75, 3.05) is 20.7 Å². The van der Waals surface area contributed by atoms with Gasteiger partial charge < -0.3 is 9.64 Å². The zero-order valence-electron chi connectivity index (χ0n) is 14.6. The van der Waals surface area contributed by atoms with Crippen LogP contribution in [0, 0.1) is 0 Å². The van der Waals surface area contributed by atoms with Crippen LogP contribution in [0.25, 0.3) is 10.9 Å². The lowest BCUT2D eigenvalue weighted by Crippen LogP contribution is -2.52. The zero-order valence-corrected chi connectivity index (χ0v) is 14.6. The molecule has 0 bridgehead atoms. The lowest BCUT2D eigenvalue weighted by Gasteiger charge is -2.35. The van der Waals surface area contributed by atoms with Gasteiger partial charge in [0.2, 0.25) is 5.91 Å². The molecule has 6 nitrogen and oxygen atoms in total. The van der Waals surface area contributed by atoms with Crippen molar-refractivity contribution in [2.45, 2.75) is 31.8 Å². The number of hydrogen-bond acceptors (Lipinski definition) is 4. The summed E-state index contributed by atoms with van der Waals surface area (Å²) in [7, 11) is 3.12. The lowest BCUT2D eigenvalue weighted by atomic mass is 10.0. The number of hydrogen-bond donors (Lipinski definition) is 0. The Morgan fingerprint density at radius 1 is 1.28 bits per heavy atom. The third-order valence-corrected chi connectivity index (χ3v) is 4.70. The monoisotopic (exact) mass is 341 g/mol. The lowest BCUT2D eigenvalue weighted by molar-refractivity contribution is -0.136. The Morgan fingerprint density at radius 2 is 2.08 bits per heavy atom. The van der Waals surface area contributed by atoms with E-state index in [4.69, 9.17) is 4.74 Å². The number of rotatable bonds is 3. The molecule has 0 saturated carbocycles. The molecule has 1 aromatic heterocycles. The number of likely N-dealkylation sites (tertiary alicyclic amines) is 1. The van der Waals surface area contributed by atoms with E-state index >= 15 is 0 Å². The number of carbonyl (C=O) groups is 2. The predicted octanol–water partition coefficient (Wildman–Crippen LogP) is 2.81. The van der Waals surface area contributed by atoms with Crippen molar-refractivity contribution in [1.29, 1.82) is 0 Å². The second kappa shape index (κ2) is 7.51. The van der Waals surface area contributed by atoms with E-state index in [0.29, 0.717) is 19.5 Å². The molecule has 132 valence electrons. The fraction of sp³-hybridized carbons (Fsp3) is 0.421. The van der Waals surface area contributed by atoms with Crippen LogP contribution in [0.1, 0.15) is 24.8 Å². The molecule has 1 aromatic carbocycles. The molecular formula is C19H23N3O3. The van der Waals surface area contributed by atoms with Gasteiger partial charge in [-0.3, -0.25) is 14.7 Å². The van der Waals surface area contributed by atoms with Crippen LogP contribution in [0.15, 0.2) is 36.5 Å². The van der Waals surface area contributed by atoms with Crippen molar-refractivity contribution < 1.29 is 14.3 Å². The van der Waals surface area contributed by atoms with Crippen LogP contribution in [0.2, 0.25) is 0 Å². The molecule has 2 heterocycles. The Hall–Kier alpha value is -2.63. The van der Waals surface area contributed by atoms with E-state index in [0.717, 1.165) is 29.3 Å². The van der Waals surface area contributed by atoms with Crippen molar-refractivity contribution in [2.24, 2.45) is 0 Å². The van der Waals surface area contributed by atoms with E-state index in [1.165, 1.54) is 7.11 Å². The van der Waals surface area contributed by atoms with Crippen LogP contribution in [-0.4, -0.2) is 53.5 Å². The van der Waals surface area contributed by atoms with Gasteiger partial charge >= 0.3 is 6.09 Å². The first-order valence-electron chi connectivity index (χ1n) is 8.54. The Labute approximate surface area is 147 Å². The van der Waals surface area contributed by atoms with Gasteiger partial charge in [0.05, 0.1) is 12.6 Å². The maximum atomic E-state index is 12.9. The quantitative estimate of drug-likeness (QED) is 0.861. The van der Waals surface area contributed by atoms with Gasteiger partial charge in [0.15, 0.2) is 0 Å². The number of fused-ring (bicyclic) bond motifs is 1. The number of nitrogens with zero attached hydrogens (tertiary/aromatic N) is 3. The Balaban J connectivity index is 1.78. The smallest absolute Gasteiger partial charge is 0.410 e. The van der Waals surface area contributed by atoms with Crippen molar-refractivity contribution in [3.05, 3.63) is 42.1 Å². The number of ether oxygens (including phenoxy) is 1.